The Labute approximate surface area is 191 Å². The van der Waals surface area contributed by atoms with Crippen LogP contribution in [0.3, 0.4) is 0 Å². The first-order valence-electron chi connectivity index (χ1n) is 11.2. The molecule has 32 heavy (non-hydrogen) atoms. The zero-order chi connectivity index (χ0) is 23.1. The molecule has 0 atom stereocenters. The molecule has 0 saturated carbocycles. The third-order valence-electron chi connectivity index (χ3n) is 5.42. The van der Waals surface area contributed by atoms with E-state index in [0.29, 0.717) is 13.2 Å². The minimum atomic E-state index is 0.0827. The average molecular weight is 431 g/mol. The van der Waals surface area contributed by atoms with Crippen molar-refractivity contribution in [1.82, 2.24) is 0 Å². The van der Waals surface area contributed by atoms with E-state index in [2.05, 4.69) is 52.0 Å². The van der Waals surface area contributed by atoms with Gasteiger partial charge in [-0.15, -0.1) is 0 Å². The number of nitrogen functional groups attached to an aromatic ring is 1. The third kappa shape index (κ3) is 6.13. The SMILES string of the molecule is CCCc1cc(-c2ccc(C(=N)N)cc2)ccc1OCCOc1cccc(C(C)(C)C)c1. The second-order valence-electron chi connectivity index (χ2n) is 9.04. The Kier molecular flexibility index (Phi) is 7.57. The number of nitrogens with two attached hydrogens (primary N) is 1. The molecule has 0 fully saturated rings. The molecule has 0 amide bonds. The van der Waals surface area contributed by atoms with Gasteiger partial charge < -0.3 is 15.2 Å². The standard InChI is InChI=1S/C28H34N2O2/c1-5-7-23-18-22(20-10-12-21(13-11-20)27(29)30)14-15-26(23)32-17-16-31-25-9-6-8-24(19-25)28(2,3)4/h6,8-15,18-19H,5,7,16-17H2,1-4H3,(H3,29,30). The van der Waals surface area contributed by atoms with E-state index in [9.17, 15) is 0 Å². The van der Waals surface area contributed by atoms with Crippen molar-refractivity contribution in [3.63, 3.8) is 0 Å². The Bertz CT molecular complexity index is 1050. The van der Waals surface area contributed by atoms with E-state index in [1.54, 1.807) is 0 Å². The molecular weight excluding hydrogens is 396 g/mol. The molecule has 3 aromatic rings. The molecule has 0 radical (unpaired) electrons. The van der Waals surface area contributed by atoms with Crippen LogP contribution in [0.4, 0.5) is 0 Å². The van der Waals surface area contributed by atoms with Crippen molar-refractivity contribution < 1.29 is 9.47 Å². The molecule has 3 rings (SSSR count). The number of nitrogens with one attached hydrogen (secondary N) is 1. The van der Waals surface area contributed by atoms with Gasteiger partial charge >= 0.3 is 0 Å². The zero-order valence-corrected chi connectivity index (χ0v) is 19.6. The number of hydrogen-bond donors (Lipinski definition) is 2. The van der Waals surface area contributed by atoms with Gasteiger partial charge in [0.05, 0.1) is 0 Å². The number of amidine groups is 1. The molecule has 4 nitrogen and oxygen atoms in total. The van der Waals surface area contributed by atoms with Gasteiger partial charge in [-0.25, -0.2) is 0 Å². The van der Waals surface area contributed by atoms with Crippen molar-refractivity contribution in [2.75, 3.05) is 13.2 Å². The third-order valence-corrected chi connectivity index (χ3v) is 5.42. The summed E-state index contributed by atoms with van der Waals surface area (Å²) in [6.45, 7) is 9.75. The van der Waals surface area contributed by atoms with Crippen LogP contribution in [-0.2, 0) is 11.8 Å². The van der Waals surface area contributed by atoms with E-state index in [-0.39, 0.29) is 11.3 Å². The van der Waals surface area contributed by atoms with E-state index in [0.717, 1.165) is 41.0 Å². The first kappa shape index (κ1) is 23.4. The van der Waals surface area contributed by atoms with Gasteiger partial charge in [-0.3, -0.25) is 5.41 Å². The highest BCUT2D eigenvalue weighted by atomic mass is 16.5. The van der Waals surface area contributed by atoms with E-state index in [1.807, 2.05) is 42.5 Å². The molecule has 0 aliphatic heterocycles. The fourth-order valence-electron chi connectivity index (χ4n) is 3.57. The van der Waals surface area contributed by atoms with Crippen molar-refractivity contribution in [3.8, 4) is 22.6 Å². The molecule has 0 aromatic heterocycles. The van der Waals surface area contributed by atoms with Crippen LogP contribution in [0.15, 0.2) is 66.7 Å². The smallest absolute Gasteiger partial charge is 0.122 e. The summed E-state index contributed by atoms with van der Waals surface area (Å²) < 4.78 is 12.0. The molecular formula is C28H34N2O2. The van der Waals surface area contributed by atoms with Crippen molar-refractivity contribution >= 4 is 5.84 Å². The van der Waals surface area contributed by atoms with Crippen molar-refractivity contribution in [3.05, 3.63) is 83.4 Å². The van der Waals surface area contributed by atoms with Gasteiger partial charge in [0.25, 0.3) is 0 Å². The monoisotopic (exact) mass is 430 g/mol. The largest absolute Gasteiger partial charge is 0.490 e. The summed E-state index contributed by atoms with van der Waals surface area (Å²) in [5.74, 6) is 1.86. The van der Waals surface area contributed by atoms with Gasteiger partial charge in [-0.2, -0.15) is 0 Å². The molecule has 0 bridgehead atoms. The molecule has 0 saturated heterocycles. The summed E-state index contributed by atoms with van der Waals surface area (Å²) in [7, 11) is 0. The number of benzene rings is 3. The van der Waals surface area contributed by atoms with Gasteiger partial charge in [-0.05, 0) is 58.4 Å². The van der Waals surface area contributed by atoms with Crippen molar-refractivity contribution in [2.24, 2.45) is 5.73 Å². The molecule has 168 valence electrons. The predicted molar refractivity (Wildman–Crippen MR) is 133 cm³/mol. The Morgan fingerprint density at radius 1 is 0.875 bits per heavy atom. The lowest BCUT2D eigenvalue weighted by molar-refractivity contribution is 0.215. The van der Waals surface area contributed by atoms with Crippen LogP contribution in [0.5, 0.6) is 11.5 Å². The summed E-state index contributed by atoms with van der Waals surface area (Å²) in [6, 6.07) is 22.3. The topological polar surface area (TPSA) is 68.3 Å². The van der Waals surface area contributed by atoms with E-state index in [4.69, 9.17) is 20.6 Å². The van der Waals surface area contributed by atoms with Gasteiger partial charge in [-0.1, -0.05) is 76.6 Å². The van der Waals surface area contributed by atoms with Gasteiger partial charge in [0.15, 0.2) is 0 Å². The summed E-state index contributed by atoms with van der Waals surface area (Å²) in [6.07, 6.45) is 1.99. The van der Waals surface area contributed by atoms with Crippen LogP contribution in [0.1, 0.15) is 50.8 Å². The predicted octanol–water partition coefficient (Wildman–Crippen LogP) is 6.35. The Morgan fingerprint density at radius 3 is 2.22 bits per heavy atom. The lowest BCUT2D eigenvalue weighted by atomic mass is 9.87. The van der Waals surface area contributed by atoms with Crippen LogP contribution in [0.25, 0.3) is 11.1 Å². The molecule has 0 unspecified atom stereocenters. The van der Waals surface area contributed by atoms with Crippen molar-refractivity contribution in [1.29, 1.82) is 5.41 Å². The van der Waals surface area contributed by atoms with Crippen LogP contribution in [-0.4, -0.2) is 19.0 Å². The maximum absolute atomic E-state index is 7.55. The maximum atomic E-state index is 7.55. The number of ether oxygens (including phenoxy) is 2. The lowest BCUT2D eigenvalue weighted by Gasteiger charge is -2.20. The first-order valence-corrected chi connectivity index (χ1v) is 11.2. The summed E-state index contributed by atoms with van der Waals surface area (Å²) in [5.41, 5.74) is 11.1. The van der Waals surface area contributed by atoms with Gasteiger partial charge in [0.2, 0.25) is 0 Å². The van der Waals surface area contributed by atoms with E-state index in [1.165, 1.54) is 11.1 Å². The first-order chi connectivity index (χ1) is 15.3. The van der Waals surface area contributed by atoms with Crippen LogP contribution >= 0.6 is 0 Å². The Balaban J connectivity index is 1.64. The minimum Gasteiger partial charge on any atom is -0.490 e. The molecule has 0 heterocycles. The normalized spacial score (nSPS) is 11.2. The lowest BCUT2D eigenvalue weighted by Crippen LogP contribution is -2.13. The highest BCUT2D eigenvalue weighted by Crippen LogP contribution is 2.29. The molecule has 4 heteroatoms. The number of rotatable bonds is 9. The fraction of sp³-hybridized carbons (Fsp3) is 0.321. The minimum absolute atomic E-state index is 0.0827. The van der Waals surface area contributed by atoms with Gasteiger partial charge in [0, 0.05) is 5.56 Å². The van der Waals surface area contributed by atoms with Crippen LogP contribution < -0.4 is 15.2 Å². The number of aryl methyl sites for hydroxylation is 1. The van der Waals surface area contributed by atoms with Crippen LogP contribution in [0.2, 0.25) is 0 Å². The molecule has 0 aliphatic rings. The average Bonchev–Trinajstić information content (AvgIpc) is 2.77. The fourth-order valence-corrected chi connectivity index (χ4v) is 3.57. The molecule has 0 aliphatic carbocycles. The highest BCUT2D eigenvalue weighted by Gasteiger charge is 2.14. The highest BCUT2D eigenvalue weighted by molar-refractivity contribution is 5.95. The molecule has 3 aromatic carbocycles. The maximum Gasteiger partial charge on any atom is 0.122 e. The van der Waals surface area contributed by atoms with E-state index < -0.39 is 0 Å². The molecule has 3 N–H and O–H groups in total. The zero-order valence-electron chi connectivity index (χ0n) is 19.6. The van der Waals surface area contributed by atoms with Gasteiger partial charge in [0.1, 0.15) is 30.5 Å². The summed E-state index contributed by atoms with van der Waals surface area (Å²) in [5, 5.41) is 7.55. The number of hydrogen-bond acceptors (Lipinski definition) is 3. The quantitative estimate of drug-likeness (QED) is 0.236. The summed E-state index contributed by atoms with van der Waals surface area (Å²) >= 11 is 0. The second kappa shape index (κ2) is 10.4. The Hall–Kier alpha value is -3.27. The summed E-state index contributed by atoms with van der Waals surface area (Å²) in [4.78, 5) is 0. The van der Waals surface area contributed by atoms with Crippen LogP contribution in [0, 0.1) is 5.41 Å². The second-order valence-corrected chi connectivity index (χ2v) is 9.04. The Morgan fingerprint density at radius 2 is 1.56 bits per heavy atom. The van der Waals surface area contributed by atoms with Crippen molar-refractivity contribution in [2.45, 2.75) is 46.0 Å². The molecule has 0 spiro atoms. The van der Waals surface area contributed by atoms with E-state index >= 15 is 0 Å².